The van der Waals surface area contributed by atoms with Gasteiger partial charge in [0.2, 0.25) is 17.7 Å². The van der Waals surface area contributed by atoms with E-state index in [0.717, 1.165) is 42.2 Å². The number of nitrogens with one attached hydrogen (secondary N) is 3. The van der Waals surface area contributed by atoms with E-state index in [1.165, 1.54) is 0 Å². The van der Waals surface area contributed by atoms with Gasteiger partial charge >= 0.3 is 0 Å². The molecule has 1 saturated carbocycles. The van der Waals surface area contributed by atoms with Crippen molar-refractivity contribution in [2.45, 2.75) is 38.7 Å². The molecule has 10 nitrogen and oxygen atoms in total. The van der Waals surface area contributed by atoms with Gasteiger partial charge in [-0.1, -0.05) is 0 Å². The van der Waals surface area contributed by atoms with Crippen molar-refractivity contribution in [3.8, 4) is 28.6 Å². The highest BCUT2D eigenvalue weighted by Gasteiger charge is 2.23. The molecule has 3 N–H and O–H groups in total. The molecule has 0 bridgehead atoms. The predicted octanol–water partition coefficient (Wildman–Crippen LogP) is 4.85. The molecule has 3 heterocycles. The molecule has 1 fully saturated rings. The van der Waals surface area contributed by atoms with Crippen LogP contribution in [0.2, 0.25) is 0 Å². The third-order valence-electron chi connectivity index (χ3n) is 6.36. The molecule has 10 heteroatoms. The molecule has 4 aromatic rings. The number of rotatable bonds is 9. The lowest BCUT2D eigenvalue weighted by Crippen LogP contribution is -2.17. The first kappa shape index (κ1) is 24.4. The lowest BCUT2D eigenvalue weighted by Gasteiger charge is -2.16. The summed E-state index contributed by atoms with van der Waals surface area (Å²) in [5.74, 6) is 1.73. The highest BCUT2D eigenvalue weighted by atomic mass is 16.5. The number of anilines is 2. The fourth-order valence-corrected chi connectivity index (χ4v) is 4.51. The van der Waals surface area contributed by atoms with E-state index in [2.05, 4.69) is 20.6 Å². The molecule has 1 aromatic carbocycles. The van der Waals surface area contributed by atoms with Crippen LogP contribution in [0.15, 0.2) is 42.7 Å². The van der Waals surface area contributed by atoms with E-state index in [4.69, 9.17) is 24.2 Å². The average Bonchev–Trinajstić information content (AvgIpc) is 3.59. The molecule has 37 heavy (non-hydrogen) atoms. The zero-order valence-electron chi connectivity index (χ0n) is 21.1. The maximum absolute atomic E-state index is 12.0. The molecular weight excluding hydrogens is 472 g/mol. The quantitative estimate of drug-likeness (QED) is 0.297. The van der Waals surface area contributed by atoms with E-state index in [1.54, 1.807) is 38.6 Å². The Labute approximate surface area is 214 Å². The van der Waals surface area contributed by atoms with Crippen LogP contribution in [-0.4, -0.2) is 52.7 Å². The Morgan fingerprint density at radius 1 is 1.16 bits per heavy atom. The summed E-state index contributed by atoms with van der Waals surface area (Å²) in [6.07, 6.45) is 8.04. The number of amides is 1. The van der Waals surface area contributed by atoms with E-state index in [-0.39, 0.29) is 12.0 Å². The second kappa shape index (κ2) is 10.7. The number of carbonyl (C=O) groups excluding carboxylic acids is 1. The first-order valence-electron chi connectivity index (χ1n) is 12.4. The molecule has 1 aliphatic carbocycles. The normalized spacial score (nSPS) is 13.5. The molecule has 0 radical (unpaired) electrons. The summed E-state index contributed by atoms with van der Waals surface area (Å²) in [5, 5.41) is 6.64. The smallest absolute Gasteiger partial charge is 0.251 e. The van der Waals surface area contributed by atoms with Crippen LogP contribution in [0, 0.1) is 0 Å². The van der Waals surface area contributed by atoms with Crippen molar-refractivity contribution in [3.63, 3.8) is 0 Å². The molecule has 0 atom stereocenters. The highest BCUT2D eigenvalue weighted by molar-refractivity contribution is 5.98. The summed E-state index contributed by atoms with van der Waals surface area (Å²) in [5.41, 5.74) is 3.56. The summed E-state index contributed by atoms with van der Waals surface area (Å²) in [7, 11) is 3.14. The topological polar surface area (TPSA) is 123 Å². The van der Waals surface area contributed by atoms with Gasteiger partial charge in [-0.3, -0.25) is 4.79 Å². The number of pyridine rings is 1. The van der Waals surface area contributed by atoms with Crippen molar-refractivity contribution < 1.29 is 19.0 Å². The molecule has 1 amide bonds. The summed E-state index contributed by atoms with van der Waals surface area (Å²) in [6, 6.07) is 8.96. The summed E-state index contributed by atoms with van der Waals surface area (Å²) in [4.78, 5) is 29.2. The molecule has 192 valence electrons. The largest absolute Gasteiger partial charge is 0.495 e. The van der Waals surface area contributed by atoms with E-state index in [0.29, 0.717) is 47.0 Å². The number of benzene rings is 1. The number of hydrogen-bond donors (Lipinski definition) is 3. The Kier molecular flexibility index (Phi) is 7.07. The van der Waals surface area contributed by atoms with Gasteiger partial charge in [-0.15, -0.1) is 0 Å². The molecule has 0 spiro atoms. The minimum absolute atomic E-state index is 0.105. The van der Waals surface area contributed by atoms with Crippen LogP contribution >= 0.6 is 0 Å². The van der Waals surface area contributed by atoms with Gasteiger partial charge in [0.15, 0.2) is 0 Å². The summed E-state index contributed by atoms with van der Waals surface area (Å²) in [6.45, 7) is 2.48. The van der Waals surface area contributed by atoms with Crippen molar-refractivity contribution in [1.82, 2.24) is 25.3 Å². The maximum Gasteiger partial charge on any atom is 0.251 e. The van der Waals surface area contributed by atoms with Crippen molar-refractivity contribution in [2.75, 3.05) is 26.1 Å². The molecule has 0 unspecified atom stereocenters. The number of nitrogens with zero attached hydrogens (tertiary/aromatic N) is 3. The number of ether oxygens (including phenoxy) is 3. The van der Waals surface area contributed by atoms with Crippen LogP contribution in [-0.2, 0) is 0 Å². The molecule has 3 aromatic heterocycles. The fourth-order valence-electron chi connectivity index (χ4n) is 4.51. The van der Waals surface area contributed by atoms with Crippen molar-refractivity contribution in [2.24, 2.45) is 0 Å². The minimum atomic E-state index is -0.197. The van der Waals surface area contributed by atoms with Gasteiger partial charge in [-0.25, -0.2) is 4.98 Å². The van der Waals surface area contributed by atoms with Gasteiger partial charge < -0.3 is 29.8 Å². The van der Waals surface area contributed by atoms with Gasteiger partial charge in [-0.05, 0) is 56.9 Å². The van der Waals surface area contributed by atoms with Crippen molar-refractivity contribution in [3.05, 3.63) is 48.3 Å². The molecular formula is C27H30N6O4. The van der Waals surface area contributed by atoms with Gasteiger partial charge in [0, 0.05) is 42.2 Å². The lowest BCUT2D eigenvalue weighted by atomic mass is 10.1. The Morgan fingerprint density at radius 2 is 2.00 bits per heavy atom. The number of carbonyl (C=O) groups is 1. The molecule has 0 aliphatic heterocycles. The molecule has 5 rings (SSSR count). The van der Waals surface area contributed by atoms with E-state index in [9.17, 15) is 4.79 Å². The first-order chi connectivity index (χ1) is 18.1. The van der Waals surface area contributed by atoms with Gasteiger partial charge in [0.1, 0.15) is 17.5 Å². The Morgan fingerprint density at radius 3 is 2.70 bits per heavy atom. The standard InChI is InChI=1S/C27H30N6O4/c1-4-36-22-12-10-17(14-29-22)19-15-30-24-23(19)26(37-18-7-5-6-8-18)33-27(32-24)31-20-11-9-16(25(34)28-2)13-21(20)35-3/h9-15,18H,4-8H2,1-3H3,(H,28,34)(H2,30,31,32,33). The number of hydrogen-bond acceptors (Lipinski definition) is 8. The van der Waals surface area contributed by atoms with Gasteiger partial charge in [0.25, 0.3) is 5.91 Å². The van der Waals surface area contributed by atoms with Gasteiger partial charge in [-0.2, -0.15) is 9.97 Å². The number of aromatic nitrogens is 4. The third-order valence-corrected chi connectivity index (χ3v) is 6.36. The van der Waals surface area contributed by atoms with Gasteiger partial charge in [0.05, 0.1) is 24.8 Å². The van der Waals surface area contributed by atoms with E-state index < -0.39 is 0 Å². The minimum Gasteiger partial charge on any atom is -0.495 e. The van der Waals surface area contributed by atoms with Crippen LogP contribution in [0.5, 0.6) is 17.5 Å². The zero-order chi connectivity index (χ0) is 25.8. The van der Waals surface area contributed by atoms with E-state index >= 15 is 0 Å². The first-order valence-corrected chi connectivity index (χ1v) is 12.4. The summed E-state index contributed by atoms with van der Waals surface area (Å²) >= 11 is 0. The SMILES string of the molecule is CCOc1ccc(-c2c[nH]c3nc(Nc4ccc(C(=O)NC)cc4OC)nc(OC4CCCC4)c23)cn1. The fraction of sp³-hybridized carbons (Fsp3) is 0.333. The third kappa shape index (κ3) is 5.13. The number of H-pyrrole nitrogens is 1. The predicted molar refractivity (Wildman–Crippen MR) is 141 cm³/mol. The molecule has 0 saturated heterocycles. The lowest BCUT2D eigenvalue weighted by molar-refractivity contribution is 0.0962. The second-order valence-electron chi connectivity index (χ2n) is 8.74. The maximum atomic E-state index is 12.0. The van der Waals surface area contributed by atoms with Crippen LogP contribution in [0.4, 0.5) is 11.6 Å². The summed E-state index contributed by atoms with van der Waals surface area (Å²) < 4.78 is 17.4. The van der Waals surface area contributed by atoms with Crippen LogP contribution < -0.4 is 24.8 Å². The van der Waals surface area contributed by atoms with Crippen LogP contribution in [0.25, 0.3) is 22.2 Å². The second-order valence-corrected chi connectivity index (χ2v) is 8.74. The average molecular weight is 503 g/mol. The monoisotopic (exact) mass is 502 g/mol. The van der Waals surface area contributed by atoms with Crippen molar-refractivity contribution >= 4 is 28.6 Å². The number of aromatic amines is 1. The van der Waals surface area contributed by atoms with Crippen molar-refractivity contribution in [1.29, 1.82) is 0 Å². The highest BCUT2D eigenvalue weighted by Crippen LogP contribution is 2.37. The van der Waals surface area contributed by atoms with Crippen LogP contribution in [0.3, 0.4) is 0 Å². The van der Waals surface area contributed by atoms with E-state index in [1.807, 2.05) is 25.3 Å². The Hall–Kier alpha value is -4.34. The number of methoxy groups -OCH3 is 1. The molecule has 1 aliphatic rings. The zero-order valence-corrected chi connectivity index (χ0v) is 21.1. The van der Waals surface area contributed by atoms with Crippen LogP contribution in [0.1, 0.15) is 43.0 Å². The Bertz CT molecular complexity index is 1400. The number of fused-ring (bicyclic) bond motifs is 1. The Balaban J connectivity index is 1.53.